The monoisotopic (exact) mass is 316 g/mol. The molecule has 122 valence electrons. The molecule has 6 heteroatoms. The van der Waals surface area contributed by atoms with Crippen LogP contribution in [0, 0.1) is 0 Å². The van der Waals surface area contributed by atoms with Crippen molar-refractivity contribution >= 4 is 23.0 Å². The Morgan fingerprint density at radius 2 is 2.00 bits per heavy atom. The molecule has 0 atom stereocenters. The van der Waals surface area contributed by atoms with Crippen LogP contribution in [0.4, 0.5) is 4.79 Å². The Morgan fingerprint density at radius 1 is 1.22 bits per heavy atom. The number of ether oxygens (including phenoxy) is 2. The highest BCUT2D eigenvalue weighted by Crippen LogP contribution is 2.31. The van der Waals surface area contributed by atoms with Crippen LogP contribution in [0.3, 0.4) is 0 Å². The fourth-order valence-electron chi connectivity index (χ4n) is 3.02. The fourth-order valence-corrected chi connectivity index (χ4v) is 3.02. The van der Waals surface area contributed by atoms with E-state index in [2.05, 4.69) is 4.98 Å². The molecule has 1 aliphatic rings. The number of benzene rings is 1. The molecule has 3 rings (SSSR count). The molecule has 0 bridgehead atoms. The number of H-pyrrole nitrogens is 1. The van der Waals surface area contributed by atoms with Gasteiger partial charge in [-0.25, -0.2) is 9.59 Å². The molecule has 0 spiro atoms. The number of rotatable bonds is 3. The van der Waals surface area contributed by atoms with Crippen molar-refractivity contribution in [2.45, 2.75) is 26.8 Å². The summed E-state index contributed by atoms with van der Waals surface area (Å²) < 4.78 is 10.2. The lowest BCUT2D eigenvalue weighted by Gasteiger charge is -2.26. The molecule has 6 nitrogen and oxygen atoms in total. The molecule has 2 heterocycles. The number of carbonyl (C=O) groups is 2. The van der Waals surface area contributed by atoms with Crippen LogP contribution in [0.2, 0.25) is 0 Å². The summed E-state index contributed by atoms with van der Waals surface area (Å²) in [4.78, 5) is 29.2. The van der Waals surface area contributed by atoms with Gasteiger partial charge in [-0.2, -0.15) is 0 Å². The minimum Gasteiger partial charge on any atom is -0.462 e. The molecule has 1 aliphatic heterocycles. The maximum Gasteiger partial charge on any atom is 0.410 e. The zero-order chi connectivity index (χ0) is 16.4. The number of nitrogens with one attached hydrogen (secondary N) is 1. The van der Waals surface area contributed by atoms with Crippen molar-refractivity contribution in [2.75, 3.05) is 19.8 Å². The number of esters is 1. The average molecular weight is 316 g/mol. The van der Waals surface area contributed by atoms with Crippen LogP contribution in [0.5, 0.6) is 0 Å². The van der Waals surface area contributed by atoms with Gasteiger partial charge in [-0.15, -0.1) is 0 Å². The van der Waals surface area contributed by atoms with Crippen LogP contribution in [0.15, 0.2) is 18.2 Å². The van der Waals surface area contributed by atoms with Crippen molar-refractivity contribution in [1.82, 2.24) is 9.88 Å². The van der Waals surface area contributed by atoms with E-state index in [-0.39, 0.29) is 12.1 Å². The Kier molecular flexibility index (Phi) is 4.23. The Morgan fingerprint density at radius 3 is 2.74 bits per heavy atom. The van der Waals surface area contributed by atoms with E-state index in [0.717, 1.165) is 22.2 Å². The molecule has 23 heavy (non-hydrogen) atoms. The summed E-state index contributed by atoms with van der Waals surface area (Å²) in [6.45, 7) is 5.30. The number of nitrogens with zero attached hydrogens (tertiary/aromatic N) is 1. The van der Waals surface area contributed by atoms with E-state index in [1.165, 1.54) is 0 Å². The molecule has 1 amide bonds. The first-order chi connectivity index (χ1) is 11.2. The van der Waals surface area contributed by atoms with Gasteiger partial charge in [0.25, 0.3) is 0 Å². The normalized spacial score (nSPS) is 13.7. The predicted molar refractivity (Wildman–Crippen MR) is 85.4 cm³/mol. The smallest absolute Gasteiger partial charge is 0.410 e. The average Bonchev–Trinajstić information content (AvgIpc) is 2.93. The highest BCUT2D eigenvalue weighted by atomic mass is 16.6. The number of hydrogen-bond donors (Lipinski definition) is 1. The van der Waals surface area contributed by atoms with Gasteiger partial charge >= 0.3 is 12.1 Å². The first kappa shape index (κ1) is 15.4. The molecule has 0 radical (unpaired) electrons. The first-order valence-electron chi connectivity index (χ1n) is 7.87. The van der Waals surface area contributed by atoms with E-state index in [4.69, 9.17) is 9.47 Å². The second-order valence-electron chi connectivity index (χ2n) is 5.40. The van der Waals surface area contributed by atoms with Gasteiger partial charge in [-0.3, -0.25) is 0 Å². The van der Waals surface area contributed by atoms with Crippen molar-refractivity contribution in [1.29, 1.82) is 0 Å². The lowest BCUT2D eigenvalue weighted by atomic mass is 10.0. The van der Waals surface area contributed by atoms with Gasteiger partial charge in [0.1, 0.15) is 0 Å². The Bertz CT molecular complexity index is 750. The fraction of sp³-hybridized carbons (Fsp3) is 0.412. The lowest BCUT2D eigenvalue weighted by Crippen LogP contribution is -2.36. The highest BCUT2D eigenvalue weighted by molar-refractivity contribution is 6.05. The zero-order valence-electron chi connectivity index (χ0n) is 13.3. The Hall–Kier alpha value is -2.50. The number of hydrogen-bond acceptors (Lipinski definition) is 4. The van der Waals surface area contributed by atoms with Crippen LogP contribution in [0.1, 0.15) is 35.5 Å². The summed E-state index contributed by atoms with van der Waals surface area (Å²) in [6.07, 6.45) is 0.395. The predicted octanol–water partition coefficient (Wildman–Crippen LogP) is 2.86. The van der Waals surface area contributed by atoms with Crippen molar-refractivity contribution in [3.8, 4) is 0 Å². The molecule has 0 fully saturated rings. The van der Waals surface area contributed by atoms with Crippen LogP contribution >= 0.6 is 0 Å². The minimum atomic E-state index is -0.340. The van der Waals surface area contributed by atoms with Crippen molar-refractivity contribution < 1.29 is 19.1 Å². The maximum absolute atomic E-state index is 12.2. The summed E-state index contributed by atoms with van der Waals surface area (Å²) in [5.74, 6) is -0.340. The summed E-state index contributed by atoms with van der Waals surface area (Å²) >= 11 is 0. The largest absolute Gasteiger partial charge is 0.462 e. The molecule has 0 saturated carbocycles. The van der Waals surface area contributed by atoms with Gasteiger partial charge in [-0.05, 0) is 26.0 Å². The zero-order valence-corrected chi connectivity index (χ0v) is 13.3. The van der Waals surface area contributed by atoms with Crippen LogP contribution in [-0.2, 0) is 22.4 Å². The summed E-state index contributed by atoms with van der Waals surface area (Å²) in [7, 11) is 0. The van der Waals surface area contributed by atoms with E-state index in [9.17, 15) is 9.59 Å². The number of aromatic nitrogens is 1. The van der Waals surface area contributed by atoms with E-state index in [1.54, 1.807) is 24.8 Å². The number of aromatic amines is 1. The number of amides is 1. The molecular weight excluding hydrogens is 296 g/mol. The van der Waals surface area contributed by atoms with E-state index >= 15 is 0 Å². The van der Waals surface area contributed by atoms with Crippen LogP contribution in [0.25, 0.3) is 10.9 Å². The van der Waals surface area contributed by atoms with Crippen LogP contribution in [-0.4, -0.2) is 41.7 Å². The molecule has 0 aliphatic carbocycles. The molecule has 1 aromatic carbocycles. The van der Waals surface area contributed by atoms with Gasteiger partial charge in [0.15, 0.2) is 0 Å². The summed E-state index contributed by atoms with van der Waals surface area (Å²) in [5.41, 5.74) is 3.47. The molecule has 2 aromatic rings. The van der Waals surface area contributed by atoms with Gasteiger partial charge in [0.2, 0.25) is 0 Å². The molecule has 0 unspecified atom stereocenters. The minimum absolute atomic E-state index is 0.318. The second-order valence-corrected chi connectivity index (χ2v) is 5.40. The van der Waals surface area contributed by atoms with E-state index < -0.39 is 0 Å². The van der Waals surface area contributed by atoms with Gasteiger partial charge < -0.3 is 19.4 Å². The van der Waals surface area contributed by atoms with Gasteiger partial charge in [0.05, 0.1) is 25.3 Å². The number of fused-ring (bicyclic) bond motifs is 3. The van der Waals surface area contributed by atoms with Crippen molar-refractivity contribution in [3.63, 3.8) is 0 Å². The quantitative estimate of drug-likeness (QED) is 0.884. The van der Waals surface area contributed by atoms with E-state index in [1.807, 2.05) is 12.1 Å². The standard InChI is InChI=1S/C17H20N2O4/c1-3-22-16(20)11-6-5-7-14-15(11)12-10-19(17(21)23-4-2)9-8-13(12)18-14/h5-7,18H,3-4,8-10H2,1-2H3. The van der Waals surface area contributed by atoms with Crippen molar-refractivity contribution in [3.05, 3.63) is 35.0 Å². The maximum atomic E-state index is 12.2. The number of carbonyl (C=O) groups excluding carboxylic acids is 2. The molecule has 1 aromatic heterocycles. The molecular formula is C17H20N2O4. The van der Waals surface area contributed by atoms with Crippen LogP contribution < -0.4 is 0 Å². The van der Waals surface area contributed by atoms with Crippen molar-refractivity contribution in [2.24, 2.45) is 0 Å². The van der Waals surface area contributed by atoms with E-state index in [0.29, 0.717) is 38.3 Å². The third-order valence-corrected chi connectivity index (χ3v) is 4.02. The Balaban J connectivity index is 2.02. The third kappa shape index (κ3) is 2.76. The third-order valence-electron chi connectivity index (χ3n) is 4.02. The summed E-state index contributed by atoms with van der Waals surface area (Å²) in [5, 5.41) is 0.843. The lowest BCUT2D eigenvalue weighted by molar-refractivity contribution is 0.0528. The summed E-state index contributed by atoms with van der Waals surface area (Å²) in [6, 6.07) is 5.53. The SMILES string of the molecule is CCOC(=O)c1cccc2[nH]c3c(c12)CN(C(=O)OCC)CC3. The van der Waals surface area contributed by atoms with Gasteiger partial charge in [0, 0.05) is 35.1 Å². The highest BCUT2D eigenvalue weighted by Gasteiger charge is 2.27. The topological polar surface area (TPSA) is 71.6 Å². The van der Waals surface area contributed by atoms with Gasteiger partial charge in [-0.1, -0.05) is 6.07 Å². The Labute approximate surface area is 134 Å². The second kappa shape index (κ2) is 6.32. The molecule has 0 saturated heterocycles. The first-order valence-corrected chi connectivity index (χ1v) is 7.87. The molecule has 1 N–H and O–H groups in total.